The van der Waals surface area contributed by atoms with Crippen LogP contribution in [0.1, 0.15) is 44.4 Å². The van der Waals surface area contributed by atoms with Crippen LogP contribution < -0.4 is 20.1 Å². The summed E-state index contributed by atoms with van der Waals surface area (Å²) in [6, 6.07) is 14.7. The van der Waals surface area contributed by atoms with E-state index in [0.29, 0.717) is 12.8 Å². The molecule has 1 heterocycles. The number of fused-ring (bicyclic) bond motifs is 1. The molecule has 5 nitrogen and oxygen atoms in total. The number of rotatable bonds is 7. The van der Waals surface area contributed by atoms with Crippen LogP contribution in [-0.2, 0) is 11.2 Å². The van der Waals surface area contributed by atoms with Crippen molar-refractivity contribution in [1.82, 2.24) is 5.32 Å². The summed E-state index contributed by atoms with van der Waals surface area (Å²) in [7, 11) is 0. The fourth-order valence-corrected chi connectivity index (χ4v) is 3.17. The highest BCUT2D eigenvalue weighted by Crippen LogP contribution is 2.32. The van der Waals surface area contributed by atoms with Crippen molar-refractivity contribution in [2.24, 2.45) is 0 Å². The summed E-state index contributed by atoms with van der Waals surface area (Å²) in [5.74, 6) is 1.61. The van der Waals surface area contributed by atoms with Crippen LogP contribution >= 0.6 is 0 Å². The van der Waals surface area contributed by atoms with Crippen molar-refractivity contribution in [2.75, 3.05) is 12.1 Å². The Balaban J connectivity index is 1.52. The third kappa shape index (κ3) is 4.76. The molecule has 1 aliphatic rings. The van der Waals surface area contributed by atoms with Gasteiger partial charge in [-0.3, -0.25) is 4.79 Å². The zero-order valence-electron chi connectivity index (χ0n) is 15.5. The molecule has 2 unspecified atom stereocenters. The van der Waals surface area contributed by atoms with Crippen LogP contribution in [0, 0.1) is 0 Å². The SMILES string of the molecule is CC(=O)Nc1cccc(C(C)NC(C)CCc2ccc3c(c2)OCO3)c1. The van der Waals surface area contributed by atoms with Crippen LogP contribution in [0.15, 0.2) is 42.5 Å². The third-order valence-electron chi connectivity index (χ3n) is 4.54. The number of ether oxygens (including phenoxy) is 2. The molecular formula is C21H26N2O3. The molecule has 0 spiro atoms. The molecule has 0 radical (unpaired) electrons. The van der Waals surface area contributed by atoms with E-state index in [4.69, 9.17) is 9.47 Å². The average Bonchev–Trinajstić information content (AvgIpc) is 3.07. The zero-order valence-corrected chi connectivity index (χ0v) is 15.5. The minimum Gasteiger partial charge on any atom is -0.454 e. The van der Waals surface area contributed by atoms with Gasteiger partial charge >= 0.3 is 0 Å². The standard InChI is InChI=1S/C21H26N2O3/c1-14(7-8-17-9-10-20-21(11-17)26-13-25-20)22-15(2)18-5-4-6-19(12-18)23-16(3)24/h4-6,9-12,14-15,22H,7-8,13H2,1-3H3,(H,23,24). The normalized spacial score (nSPS) is 14.7. The molecule has 2 atom stereocenters. The number of carbonyl (C=O) groups is 1. The molecule has 0 aliphatic carbocycles. The summed E-state index contributed by atoms with van der Waals surface area (Å²) >= 11 is 0. The summed E-state index contributed by atoms with van der Waals surface area (Å²) in [6.45, 7) is 6.17. The van der Waals surface area contributed by atoms with E-state index >= 15 is 0 Å². The van der Waals surface area contributed by atoms with Gasteiger partial charge in [0.25, 0.3) is 0 Å². The maximum Gasteiger partial charge on any atom is 0.231 e. The van der Waals surface area contributed by atoms with Gasteiger partial charge in [-0.25, -0.2) is 0 Å². The van der Waals surface area contributed by atoms with Crippen LogP contribution in [0.3, 0.4) is 0 Å². The average molecular weight is 354 g/mol. The maximum absolute atomic E-state index is 11.2. The molecule has 2 N–H and O–H groups in total. The lowest BCUT2D eigenvalue weighted by Crippen LogP contribution is -2.29. The number of nitrogens with one attached hydrogen (secondary N) is 2. The molecule has 138 valence electrons. The topological polar surface area (TPSA) is 59.6 Å². The second-order valence-corrected chi connectivity index (χ2v) is 6.82. The van der Waals surface area contributed by atoms with Crippen LogP contribution in [0.25, 0.3) is 0 Å². The predicted octanol–water partition coefficient (Wildman–Crippen LogP) is 4.05. The van der Waals surface area contributed by atoms with Gasteiger partial charge in [0, 0.05) is 24.7 Å². The Hall–Kier alpha value is -2.53. The fourth-order valence-electron chi connectivity index (χ4n) is 3.17. The number of benzene rings is 2. The summed E-state index contributed by atoms with van der Waals surface area (Å²) < 4.78 is 10.8. The van der Waals surface area contributed by atoms with Crippen molar-refractivity contribution >= 4 is 11.6 Å². The van der Waals surface area contributed by atoms with E-state index in [-0.39, 0.29) is 11.9 Å². The summed E-state index contributed by atoms with van der Waals surface area (Å²) in [5, 5.41) is 6.46. The van der Waals surface area contributed by atoms with Crippen LogP contribution in [0.5, 0.6) is 11.5 Å². The zero-order chi connectivity index (χ0) is 18.5. The maximum atomic E-state index is 11.2. The van der Waals surface area contributed by atoms with Gasteiger partial charge < -0.3 is 20.1 Å². The van der Waals surface area contributed by atoms with Gasteiger partial charge in [-0.2, -0.15) is 0 Å². The van der Waals surface area contributed by atoms with E-state index in [1.54, 1.807) is 0 Å². The van der Waals surface area contributed by atoms with Crippen molar-refractivity contribution in [3.05, 3.63) is 53.6 Å². The summed E-state index contributed by atoms with van der Waals surface area (Å²) in [6.07, 6.45) is 2.00. The highest BCUT2D eigenvalue weighted by atomic mass is 16.7. The van der Waals surface area contributed by atoms with E-state index < -0.39 is 0 Å². The van der Waals surface area contributed by atoms with E-state index in [1.807, 2.05) is 24.3 Å². The van der Waals surface area contributed by atoms with Gasteiger partial charge in [0.05, 0.1) is 0 Å². The molecule has 5 heteroatoms. The predicted molar refractivity (Wildman–Crippen MR) is 103 cm³/mol. The first-order valence-corrected chi connectivity index (χ1v) is 9.03. The molecule has 2 aromatic carbocycles. The highest BCUT2D eigenvalue weighted by molar-refractivity contribution is 5.88. The lowest BCUT2D eigenvalue weighted by Gasteiger charge is -2.21. The van der Waals surface area contributed by atoms with Crippen LogP contribution in [-0.4, -0.2) is 18.7 Å². The van der Waals surface area contributed by atoms with Gasteiger partial charge in [0.1, 0.15) is 0 Å². The van der Waals surface area contributed by atoms with E-state index in [9.17, 15) is 4.79 Å². The molecule has 0 bridgehead atoms. The molecule has 0 saturated carbocycles. The first-order chi connectivity index (χ1) is 12.5. The van der Waals surface area contributed by atoms with Crippen molar-refractivity contribution in [1.29, 1.82) is 0 Å². The van der Waals surface area contributed by atoms with Crippen molar-refractivity contribution in [3.8, 4) is 11.5 Å². The Morgan fingerprint density at radius 3 is 2.73 bits per heavy atom. The van der Waals surface area contributed by atoms with Crippen molar-refractivity contribution < 1.29 is 14.3 Å². The monoisotopic (exact) mass is 354 g/mol. The molecule has 0 aromatic heterocycles. The number of hydrogen-bond acceptors (Lipinski definition) is 4. The van der Waals surface area contributed by atoms with Gasteiger partial charge in [0.2, 0.25) is 12.7 Å². The summed E-state index contributed by atoms with van der Waals surface area (Å²) in [5.41, 5.74) is 3.24. The molecule has 2 aromatic rings. The van der Waals surface area contributed by atoms with Gasteiger partial charge in [-0.05, 0) is 62.1 Å². The number of aryl methyl sites for hydroxylation is 1. The molecule has 26 heavy (non-hydrogen) atoms. The number of carbonyl (C=O) groups excluding carboxylic acids is 1. The Bertz CT molecular complexity index is 776. The molecule has 0 saturated heterocycles. The van der Waals surface area contributed by atoms with E-state index in [0.717, 1.165) is 35.6 Å². The fraction of sp³-hybridized carbons (Fsp3) is 0.381. The van der Waals surface area contributed by atoms with Gasteiger partial charge in [-0.15, -0.1) is 0 Å². The minimum atomic E-state index is -0.0557. The Labute approximate surface area is 154 Å². The third-order valence-corrected chi connectivity index (χ3v) is 4.54. The van der Waals surface area contributed by atoms with E-state index in [2.05, 4.69) is 42.7 Å². The van der Waals surface area contributed by atoms with Crippen molar-refractivity contribution in [3.63, 3.8) is 0 Å². The Morgan fingerprint density at radius 2 is 1.92 bits per heavy atom. The molecular weight excluding hydrogens is 328 g/mol. The molecule has 0 fully saturated rings. The van der Waals surface area contributed by atoms with E-state index in [1.165, 1.54) is 12.5 Å². The summed E-state index contributed by atoms with van der Waals surface area (Å²) in [4.78, 5) is 11.2. The number of hydrogen-bond donors (Lipinski definition) is 2. The molecule has 1 aliphatic heterocycles. The number of amides is 1. The second-order valence-electron chi connectivity index (χ2n) is 6.82. The van der Waals surface area contributed by atoms with Crippen molar-refractivity contribution in [2.45, 2.75) is 45.7 Å². The first-order valence-electron chi connectivity index (χ1n) is 9.03. The smallest absolute Gasteiger partial charge is 0.231 e. The van der Waals surface area contributed by atoms with Gasteiger partial charge in [0.15, 0.2) is 11.5 Å². The molecule has 1 amide bonds. The highest BCUT2D eigenvalue weighted by Gasteiger charge is 2.14. The lowest BCUT2D eigenvalue weighted by atomic mass is 10.0. The second kappa shape index (κ2) is 8.23. The lowest BCUT2D eigenvalue weighted by molar-refractivity contribution is -0.114. The quantitative estimate of drug-likeness (QED) is 0.788. The molecule has 3 rings (SSSR count). The Morgan fingerprint density at radius 1 is 1.12 bits per heavy atom. The number of anilines is 1. The van der Waals surface area contributed by atoms with Gasteiger partial charge in [-0.1, -0.05) is 18.2 Å². The first kappa shape index (κ1) is 18.3. The van der Waals surface area contributed by atoms with Crippen LogP contribution in [0.4, 0.5) is 5.69 Å². The Kier molecular flexibility index (Phi) is 5.78. The van der Waals surface area contributed by atoms with Crippen LogP contribution in [0.2, 0.25) is 0 Å². The minimum absolute atomic E-state index is 0.0557. The largest absolute Gasteiger partial charge is 0.454 e.